The molecule has 0 aliphatic carbocycles. The first-order valence-electron chi connectivity index (χ1n) is 8.43. The van der Waals surface area contributed by atoms with E-state index in [4.69, 9.17) is 22.3 Å². The van der Waals surface area contributed by atoms with Crippen molar-refractivity contribution in [1.29, 1.82) is 0 Å². The molecule has 27 heavy (non-hydrogen) atoms. The van der Waals surface area contributed by atoms with Crippen molar-refractivity contribution in [2.75, 3.05) is 19.6 Å². The summed E-state index contributed by atoms with van der Waals surface area (Å²) >= 11 is 0. The Morgan fingerprint density at radius 1 is 1.07 bits per heavy atom. The van der Waals surface area contributed by atoms with E-state index in [9.17, 15) is 19.2 Å². The van der Waals surface area contributed by atoms with Gasteiger partial charge in [0.25, 0.3) is 0 Å². The highest BCUT2D eigenvalue weighted by Gasteiger charge is 2.24. The highest BCUT2D eigenvalue weighted by atomic mass is 16.4. The molecule has 0 saturated heterocycles. The van der Waals surface area contributed by atoms with Crippen LogP contribution >= 0.6 is 0 Å². The molecule has 10 N–H and O–H groups in total. The van der Waals surface area contributed by atoms with Gasteiger partial charge in [0.2, 0.25) is 17.7 Å². The minimum absolute atomic E-state index is 0.0863. The quantitative estimate of drug-likeness (QED) is 0.103. The number of aliphatic carboxylic acids is 1. The molecule has 3 amide bonds. The lowest BCUT2D eigenvalue weighted by Gasteiger charge is -2.20. The van der Waals surface area contributed by atoms with Crippen LogP contribution in [0.2, 0.25) is 0 Å². The molecular weight excluding hydrogens is 358 g/mol. The summed E-state index contributed by atoms with van der Waals surface area (Å²) < 4.78 is 0. The van der Waals surface area contributed by atoms with E-state index in [0.29, 0.717) is 6.42 Å². The van der Waals surface area contributed by atoms with Crippen LogP contribution in [0.4, 0.5) is 0 Å². The number of guanidine groups is 1. The highest BCUT2D eigenvalue weighted by molar-refractivity contribution is 5.91. The van der Waals surface area contributed by atoms with E-state index >= 15 is 0 Å². The molecule has 2 atom stereocenters. The van der Waals surface area contributed by atoms with Crippen LogP contribution in [0.5, 0.6) is 0 Å². The smallest absolute Gasteiger partial charge is 0.326 e. The molecule has 0 heterocycles. The number of hydrogen-bond acceptors (Lipinski definition) is 6. The maximum Gasteiger partial charge on any atom is 0.326 e. The maximum absolute atomic E-state index is 12.2. The lowest BCUT2D eigenvalue weighted by molar-refractivity contribution is -0.143. The minimum Gasteiger partial charge on any atom is -0.480 e. The Labute approximate surface area is 157 Å². The lowest BCUT2D eigenvalue weighted by atomic mass is 10.0. The number of carboxylic acids is 1. The number of carbonyl (C=O) groups is 4. The Hall–Kier alpha value is -2.89. The van der Waals surface area contributed by atoms with Crippen LogP contribution in [0, 0.1) is 5.92 Å². The third-order valence-corrected chi connectivity index (χ3v) is 3.45. The normalized spacial score (nSPS) is 12.6. The van der Waals surface area contributed by atoms with Crippen molar-refractivity contribution in [1.82, 2.24) is 16.0 Å². The second-order valence-corrected chi connectivity index (χ2v) is 6.12. The SMILES string of the molecule is CC(C)C(NC(=O)CNC(=O)C(CCCN=C(N)N)NC(=O)CN)C(=O)O. The molecule has 12 heteroatoms. The second-order valence-electron chi connectivity index (χ2n) is 6.12. The van der Waals surface area contributed by atoms with Crippen LogP contribution in [0.15, 0.2) is 4.99 Å². The van der Waals surface area contributed by atoms with Gasteiger partial charge in [0, 0.05) is 6.54 Å². The summed E-state index contributed by atoms with van der Waals surface area (Å²) in [5, 5.41) is 16.2. The monoisotopic (exact) mass is 387 g/mol. The molecule has 0 aliphatic rings. The van der Waals surface area contributed by atoms with Gasteiger partial charge in [-0.2, -0.15) is 0 Å². The summed E-state index contributed by atoms with van der Waals surface area (Å²) in [7, 11) is 0. The Morgan fingerprint density at radius 3 is 2.19 bits per heavy atom. The standard InChI is InChI=1S/C15H29N7O5/c1-8(2)12(14(26)27)22-11(24)7-20-13(25)9(21-10(23)6-16)4-3-5-19-15(17)18/h8-9,12H,3-7,16H2,1-2H3,(H,20,25)(H,21,23)(H,22,24)(H,26,27)(H4,17,18,19). The molecule has 0 aromatic heterocycles. The number of amides is 3. The average Bonchev–Trinajstić information content (AvgIpc) is 2.58. The van der Waals surface area contributed by atoms with Gasteiger partial charge in [-0.05, 0) is 18.8 Å². The van der Waals surface area contributed by atoms with Crippen LogP contribution in [0.1, 0.15) is 26.7 Å². The predicted octanol–water partition coefficient (Wildman–Crippen LogP) is -3.17. The van der Waals surface area contributed by atoms with Crippen LogP contribution in [-0.2, 0) is 19.2 Å². The van der Waals surface area contributed by atoms with Gasteiger partial charge in [-0.1, -0.05) is 13.8 Å². The molecule has 0 aromatic rings. The third-order valence-electron chi connectivity index (χ3n) is 3.45. The molecule has 0 bridgehead atoms. The van der Waals surface area contributed by atoms with Gasteiger partial charge in [-0.25, -0.2) is 4.79 Å². The number of nitrogens with two attached hydrogens (primary N) is 3. The summed E-state index contributed by atoms with van der Waals surface area (Å²) in [6, 6.07) is -2.00. The molecule has 12 nitrogen and oxygen atoms in total. The Kier molecular flexibility index (Phi) is 11.1. The first-order valence-corrected chi connectivity index (χ1v) is 8.43. The van der Waals surface area contributed by atoms with Crippen LogP contribution in [0.25, 0.3) is 0 Å². The largest absolute Gasteiger partial charge is 0.480 e. The fourth-order valence-corrected chi connectivity index (χ4v) is 2.05. The molecule has 0 aromatic carbocycles. The lowest BCUT2D eigenvalue weighted by Crippen LogP contribution is -2.52. The summed E-state index contributed by atoms with van der Waals surface area (Å²) in [5.74, 6) is -3.38. The number of nitrogens with one attached hydrogen (secondary N) is 3. The third kappa shape index (κ3) is 10.6. The Balaban J connectivity index is 4.68. The van der Waals surface area contributed by atoms with Crippen molar-refractivity contribution in [3.05, 3.63) is 0 Å². The molecule has 0 rings (SSSR count). The molecule has 154 valence electrons. The van der Waals surface area contributed by atoms with Gasteiger partial charge in [-0.15, -0.1) is 0 Å². The number of carboxylic acid groups (broad SMARTS) is 1. The van der Waals surface area contributed by atoms with Crippen LogP contribution < -0.4 is 33.2 Å². The summed E-state index contributed by atoms with van der Waals surface area (Å²) in [6.07, 6.45) is 0.626. The second kappa shape index (κ2) is 12.5. The number of aliphatic imine (C=N–C) groups is 1. The van der Waals surface area contributed by atoms with E-state index in [-0.39, 0.29) is 31.4 Å². The van der Waals surface area contributed by atoms with Crippen molar-refractivity contribution in [2.45, 2.75) is 38.8 Å². The van der Waals surface area contributed by atoms with Gasteiger partial charge < -0.3 is 38.3 Å². The van der Waals surface area contributed by atoms with E-state index in [1.165, 1.54) is 0 Å². The fourth-order valence-electron chi connectivity index (χ4n) is 2.05. The fraction of sp³-hybridized carbons (Fsp3) is 0.667. The summed E-state index contributed by atoms with van der Waals surface area (Å²) in [5.41, 5.74) is 15.7. The molecule has 0 saturated carbocycles. The molecule has 0 spiro atoms. The van der Waals surface area contributed by atoms with Gasteiger partial charge in [0.15, 0.2) is 5.96 Å². The first-order chi connectivity index (χ1) is 12.6. The zero-order valence-corrected chi connectivity index (χ0v) is 15.5. The molecule has 0 radical (unpaired) electrons. The predicted molar refractivity (Wildman–Crippen MR) is 98.3 cm³/mol. The van der Waals surface area contributed by atoms with E-state index in [1.54, 1.807) is 13.8 Å². The summed E-state index contributed by atoms with van der Waals surface area (Å²) in [4.78, 5) is 50.4. The number of rotatable bonds is 12. The van der Waals surface area contributed by atoms with Crippen molar-refractivity contribution < 1.29 is 24.3 Å². The van der Waals surface area contributed by atoms with Crippen molar-refractivity contribution in [3.8, 4) is 0 Å². The average molecular weight is 387 g/mol. The van der Waals surface area contributed by atoms with Gasteiger partial charge in [-0.3, -0.25) is 19.4 Å². The van der Waals surface area contributed by atoms with E-state index in [1.807, 2.05) is 0 Å². The van der Waals surface area contributed by atoms with Gasteiger partial charge in [0.1, 0.15) is 12.1 Å². The number of carbonyl (C=O) groups excluding carboxylic acids is 3. The van der Waals surface area contributed by atoms with Crippen molar-refractivity contribution in [3.63, 3.8) is 0 Å². The topological polar surface area (TPSA) is 215 Å². The molecule has 0 aliphatic heterocycles. The Morgan fingerprint density at radius 2 is 1.70 bits per heavy atom. The maximum atomic E-state index is 12.2. The zero-order valence-electron chi connectivity index (χ0n) is 15.5. The zero-order chi connectivity index (χ0) is 21.0. The van der Waals surface area contributed by atoms with Crippen LogP contribution in [-0.4, -0.2) is 66.5 Å². The van der Waals surface area contributed by atoms with E-state index in [0.717, 1.165) is 0 Å². The van der Waals surface area contributed by atoms with Crippen molar-refractivity contribution >= 4 is 29.7 Å². The highest BCUT2D eigenvalue weighted by Crippen LogP contribution is 2.01. The number of hydrogen-bond donors (Lipinski definition) is 7. The molecular formula is C15H29N7O5. The van der Waals surface area contributed by atoms with Gasteiger partial charge >= 0.3 is 5.97 Å². The van der Waals surface area contributed by atoms with Crippen LogP contribution in [0.3, 0.4) is 0 Å². The first kappa shape index (κ1) is 24.1. The molecule has 0 fully saturated rings. The van der Waals surface area contributed by atoms with E-state index in [2.05, 4.69) is 20.9 Å². The van der Waals surface area contributed by atoms with Gasteiger partial charge in [0.05, 0.1) is 13.1 Å². The molecule has 2 unspecified atom stereocenters. The van der Waals surface area contributed by atoms with E-state index < -0.39 is 42.3 Å². The summed E-state index contributed by atoms with van der Waals surface area (Å²) in [6.45, 7) is 2.82. The number of nitrogens with zero attached hydrogens (tertiary/aromatic N) is 1. The minimum atomic E-state index is -1.17. The Bertz CT molecular complexity index is 561. The van der Waals surface area contributed by atoms with Crippen molar-refractivity contribution in [2.24, 2.45) is 28.1 Å².